The smallest absolute Gasteiger partial charge is 0.309 e. The summed E-state index contributed by atoms with van der Waals surface area (Å²) in [6.07, 6.45) is 8.42. The van der Waals surface area contributed by atoms with E-state index in [1.807, 2.05) is 0 Å². The van der Waals surface area contributed by atoms with Crippen LogP contribution in [0.15, 0.2) is 0 Å². The second kappa shape index (κ2) is 5.53. The minimum Gasteiger partial charge on any atom is -0.481 e. The fraction of sp³-hybridized carbons (Fsp3) is 0.923. The molecule has 2 heteroatoms. The van der Waals surface area contributed by atoms with E-state index in [4.69, 9.17) is 0 Å². The molecule has 0 radical (unpaired) electrons. The predicted molar refractivity (Wildman–Crippen MR) is 61.8 cm³/mol. The molecular weight excluding hydrogens is 188 g/mol. The van der Waals surface area contributed by atoms with Crippen molar-refractivity contribution in [2.75, 3.05) is 0 Å². The van der Waals surface area contributed by atoms with Gasteiger partial charge in [-0.1, -0.05) is 39.5 Å². The first-order chi connectivity index (χ1) is 7.17. The number of hydrogen-bond acceptors (Lipinski definition) is 1. The molecule has 0 aromatic rings. The van der Waals surface area contributed by atoms with Crippen molar-refractivity contribution < 1.29 is 9.90 Å². The van der Waals surface area contributed by atoms with Crippen molar-refractivity contribution in [3.8, 4) is 0 Å². The summed E-state index contributed by atoms with van der Waals surface area (Å²) < 4.78 is 0. The first kappa shape index (κ1) is 12.5. The molecule has 0 atom stereocenters. The van der Waals surface area contributed by atoms with Crippen LogP contribution in [0.4, 0.5) is 0 Å². The second-order valence-corrected chi connectivity index (χ2v) is 4.94. The lowest BCUT2D eigenvalue weighted by atomic mass is 9.70. The van der Waals surface area contributed by atoms with Gasteiger partial charge in [-0.3, -0.25) is 4.79 Å². The maximum atomic E-state index is 11.5. The van der Waals surface area contributed by atoms with Crippen LogP contribution >= 0.6 is 0 Å². The maximum absolute atomic E-state index is 11.5. The molecule has 1 saturated carbocycles. The summed E-state index contributed by atoms with van der Waals surface area (Å²) in [6.45, 7) is 4.32. The maximum Gasteiger partial charge on any atom is 0.309 e. The molecule has 0 bridgehead atoms. The molecule has 0 heterocycles. The molecule has 1 aliphatic rings. The van der Waals surface area contributed by atoms with E-state index in [9.17, 15) is 9.90 Å². The van der Waals surface area contributed by atoms with Crippen LogP contribution in [-0.2, 0) is 4.79 Å². The van der Waals surface area contributed by atoms with Gasteiger partial charge in [0.1, 0.15) is 0 Å². The van der Waals surface area contributed by atoms with Crippen molar-refractivity contribution in [3.63, 3.8) is 0 Å². The fourth-order valence-electron chi connectivity index (χ4n) is 3.20. The van der Waals surface area contributed by atoms with Gasteiger partial charge in [-0.15, -0.1) is 0 Å². The van der Waals surface area contributed by atoms with E-state index in [1.165, 1.54) is 0 Å². The SMILES string of the molecule is CCCC(CCC)C1(C(=O)O)CCCC1. The molecule has 0 amide bonds. The zero-order valence-corrected chi connectivity index (χ0v) is 10.1. The van der Waals surface area contributed by atoms with Crippen LogP contribution in [-0.4, -0.2) is 11.1 Å². The standard InChI is InChI=1S/C13H24O2/c1-3-7-11(8-4-2)13(12(14)15)9-5-6-10-13/h11H,3-10H2,1-2H3,(H,14,15). The molecule has 88 valence electrons. The van der Waals surface area contributed by atoms with Gasteiger partial charge in [0.25, 0.3) is 0 Å². The lowest BCUT2D eigenvalue weighted by Gasteiger charge is -2.33. The Labute approximate surface area is 93.1 Å². The van der Waals surface area contributed by atoms with Crippen molar-refractivity contribution in [2.24, 2.45) is 11.3 Å². The normalized spacial score (nSPS) is 19.7. The topological polar surface area (TPSA) is 37.3 Å². The van der Waals surface area contributed by atoms with Gasteiger partial charge in [0.15, 0.2) is 0 Å². The molecule has 1 aliphatic carbocycles. The Morgan fingerprint density at radius 1 is 1.20 bits per heavy atom. The van der Waals surface area contributed by atoms with Gasteiger partial charge in [-0.25, -0.2) is 0 Å². The fourth-order valence-corrected chi connectivity index (χ4v) is 3.20. The zero-order chi connectivity index (χ0) is 11.3. The van der Waals surface area contributed by atoms with Gasteiger partial charge in [0.2, 0.25) is 0 Å². The summed E-state index contributed by atoms with van der Waals surface area (Å²) in [6, 6.07) is 0. The Bertz CT molecular complexity index is 199. The van der Waals surface area contributed by atoms with Crippen molar-refractivity contribution >= 4 is 5.97 Å². The number of hydrogen-bond donors (Lipinski definition) is 1. The van der Waals surface area contributed by atoms with Crippen LogP contribution in [0.2, 0.25) is 0 Å². The molecule has 1 fully saturated rings. The van der Waals surface area contributed by atoms with Crippen molar-refractivity contribution in [1.29, 1.82) is 0 Å². The van der Waals surface area contributed by atoms with Crippen LogP contribution in [0.3, 0.4) is 0 Å². The number of rotatable bonds is 6. The van der Waals surface area contributed by atoms with Gasteiger partial charge < -0.3 is 5.11 Å². The molecule has 0 spiro atoms. The first-order valence-electron chi connectivity index (χ1n) is 6.40. The molecule has 0 unspecified atom stereocenters. The Kier molecular flexibility index (Phi) is 4.62. The van der Waals surface area contributed by atoms with Gasteiger partial charge in [-0.2, -0.15) is 0 Å². The number of carboxylic acid groups (broad SMARTS) is 1. The van der Waals surface area contributed by atoms with E-state index in [2.05, 4.69) is 13.8 Å². The van der Waals surface area contributed by atoms with Crippen LogP contribution < -0.4 is 0 Å². The minimum absolute atomic E-state index is 0.369. The summed E-state index contributed by atoms with van der Waals surface area (Å²) in [7, 11) is 0. The molecule has 0 aromatic carbocycles. The number of carboxylic acids is 1. The predicted octanol–water partition coefficient (Wildman–Crippen LogP) is 3.85. The minimum atomic E-state index is -0.535. The summed E-state index contributed by atoms with van der Waals surface area (Å²) >= 11 is 0. The van der Waals surface area contributed by atoms with Gasteiger partial charge >= 0.3 is 5.97 Å². The summed E-state index contributed by atoms with van der Waals surface area (Å²) in [4.78, 5) is 11.5. The zero-order valence-electron chi connectivity index (χ0n) is 10.1. The second-order valence-electron chi connectivity index (χ2n) is 4.94. The largest absolute Gasteiger partial charge is 0.481 e. The van der Waals surface area contributed by atoms with Gasteiger partial charge in [0, 0.05) is 0 Å². The van der Waals surface area contributed by atoms with Crippen LogP contribution in [0.1, 0.15) is 65.2 Å². The third-order valence-electron chi connectivity index (χ3n) is 3.98. The van der Waals surface area contributed by atoms with Gasteiger partial charge in [-0.05, 0) is 31.6 Å². The van der Waals surface area contributed by atoms with Crippen LogP contribution in [0.5, 0.6) is 0 Å². The Balaban J connectivity index is 2.78. The van der Waals surface area contributed by atoms with Crippen molar-refractivity contribution in [1.82, 2.24) is 0 Å². The molecule has 0 saturated heterocycles. The lowest BCUT2D eigenvalue weighted by Crippen LogP contribution is -2.36. The number of carbonyl (C=O) groups is 1. The Morgan fingerprint density at radius 3 is 2.00 bits per heavy atom. The lowest BCUT2D eigenvalue weighted by molar-refractivity contribution is -0.152. The van der Waals surface area contributed by atoms with Crippen LogP contribution in [0.25, 0.3) is 0 Å². The third-order valence-corrected chi connectivity index (χ3v) is 3.98. The van der Waals surface area contributed by atoms with Crippen molar-refractivity contribution in [3.05, 3.63) is 0 Å². The van der Waals surface area contributed by atoms with E-state index >= 15 is 0 Å². The highest BCUT2D eigenvalue weighted by Crippen LogP contribution is 2.48. The number of aliphatic carboxylic acids is 1. The summed E-state index contributed by atoms with van der Waals surface area (Å²) in [5.41, 5.74) is -0.369. The van der Waals surface area contributed by atoms with E-state index in [-0.39, 0.29) is 5.41 Å². The highest BCUT2D eigenvalue weighted by atomic mass is 16.4. The van der Waals surface area contributed by atoms with E-state index in [0.717, 1.165) is 51.4 Å². The first-order valence-corrected chi connectivity index (χ1v) is 6.40. The molecule has 1 N–H and O–H groups in total. The molecule has 2 nitrogen and oxygen atoms in total. The monoisotopic (exact) mass is 212 g/mol. The van der Waals surface area contributed by atoms with E-state index < -0.39 is 5.97 Å². The highest BCUT2D eigenvalue weighted by molar-refractivity contribution is 5.75. The highest BCUT2D eigenvalue weighted by Gasteiger charge is 2.46. The molecular formula is C13H24O2. The Hall–Kier alpha value is -0.530. The van der Waals surface area contributed by atoms with Gasteiger partial charge in [0.05, 0.1) is 5.41 Å². The third kappa shape index (κ3) is 2.53. The molecule has 15 heavy (non-hydrogen) atoms. The molecule has 1 rings (SSSR count). The average Bonchev–Trinajstić information content (AvgIpc) is 2.67. The quantitative estimate of drug-likeness (QED) is 0.726. The molecule has 0 aliphatic heterocycles. The van der Waals surface area contributed by atoms with Crippen LogP contribution in [0, 0.1) is 11.3 Å². The average molecular weight is 212 g/mol. The van der Waals surface area contributed by atoms with E-state index in [1.54, 1.807) is 0 Å². The van der Waals surface area contributed by atoms with E-state index in [0.29, 0.717) is 5.92 Å². The van der Waals surface area contributed by atoms with Crippen molar-refractivity contribution in [2.45, 2.75) is 65.2 Å². The molecule has 0 aromatic heterocycles. The Morgan fingerprint density at radius 2 is 1.67 bits per heavy atom. The summed E-state index contributed by atoms with van der Waals surface area (Å²) in [5, 5.41) is 9.49. The summed E-state index contributed by atoms with van der Waals surface area (Å²) in [5.74, 6) is -0.126.